The molecule has 5 heteroatoms. The summed E-state index contributed by atoms with van der Waals surface area (Å²) in [4.78, 5) is 10.0. The van der Waals surface area contributed by atoms with Crippen LogP contribution in [0, 0.1) is 10.1 Å². The lowest BCUT2D eigenvalue weighted by molar-refractivity contribution is -0.385. The Balaban J connectivity index is 3.19. The molecule has 0 aliphatic carbocycles. The number of aliphatic hydroxyl groups excluding tert-OH is 1. The molecule has 1 aromatic rings. The molecule has 0 heterocycles. The van der Waals surface area contributed by atoms with Gasteiger partial charge in [-0.3, -0.25) is 10.1 Å². The molecule has 0 bridgehead atoms. The molecule has 0 radical (unpaired) electrons. The van der Waals surface area contributed by atoms with E-state index in [0.29, 0.717) is 10.0 Å². The third kappa shape index (κ3) is 2.26. The number of hydrogen-bond acceptors (Lipinski definition) is 3. The molecule has 0 aliphatic rings. The van der Waals surface area contributed by atoms with Gasteiger partial charge in [0.2, 0.25) is 0 Å². The first-order valence-corrected chi connectivity index (χ1v) is 4.43. The topological polar surface area (TPSA) is 63.4 Å². The van der Waals surface area contributed by atoms with Crippen molar-refractivity contribution in [1.29, 1.82) is 0 Å². The molecule has 0 aliphatic heterocycles. The molecule has 13 heavy (non-hydrogen) atoms. The number of nitrogens with zero attached hydrogens (tertiary/aromatic N) is 1. The van der Waals surface area contributed by atoms with Crippen molar-refractivity contribution >= 4 is 21.6 Å². The number of rotatable bonds is 2. The first-order valence-electron chi connectivity index (χ1n) is 3.64. The molecule has 1 aromatic carbocycles. The van der Waals surface area contributed by atoms with Gasteiger partial charge in [-0.25, -0.2) is 0 Å². The molecule has 1 atom stereocenters. The van der Waals surface area contributed by atoms with Crippen molar-refractivity contribution < 1.29 is 10.0 Å². The smallest absolute Gasteiger partial charge is 0.283 e. The predicted octanol–water partition coefficient (Wildman–Crippen LogP) is 2.41. The van der Waals surface area contributed by atoms with E-state index >= 15 is 0 Å². The maximum absolute atomic E-state index is 10.5. The molecular formula is C8H8BrNO3. The number of nitro groups is 1. The van der Waals surface area contributed by atoms with Gasteiger partial charge in [0.15, 0.2) is 0 Å². The average Bonchev–Trinajstić information content (AvgIpc) is 2.04. The van der Waals surface area contributed by atoms with E-state index < -0.39 is 11.0 Å². The molecule has 0 aromatic heterocycles. The van der Waals surface area contributed by atoms with Crippen molar-refractivity contribution in [3.63, 3.8) is 0 Å². The van der Waals surface area contributed by atoms with Crippen LogP contribution >= 0.6 is 15.9 Å². The Morgan fingerprint density at radius 3 is 2.69 bits per heavy atom. The van der Waals surface area contributed by atoms with Crippen molar-refractivity contribution in [2.75, 3.05) is 0 Å². The third-order valence-corrected chi connectivity index (χ3v) is 2.32. The third-order valence-electron chi connectivity index (χ3n) is 1.65. The summed E-state index contributed by atoms with van der Waals surface area (Å²) in [5.41, 5.74) is 0.508. The normalized spacial score (nSPS) is 12.5. The monoisotopic (exact) mass is 245 g/mol. The highest BCUT2D eigenvalue weighted by Crippen LogP contribution is 2.27. The van der Waals surface area contributed by atoms with Crippen LogP contribution in [0.15, 0.2) is 22.7 Å². The summed E-state index contributed by atoms with van der Waals surface area (Å²) in [6.45, 7) is 1.56. The molecule has 0 spiro atoms. The number of halogens is 1. The highest BCUT2D eigenvalue weighted by Gasteiger charge is 2.13. The lowest BCUT2D eigenvalue weighted by atomic mass is 10.1. The van der Waals surface area contributed by atoms with Crippen LogP contribution in [0.3, 0.4) is 0 Å². The Hall–Kier alpha value is -0.940. The van der Waals surface area contributed by atoms with Gasteiger partial charge in [-0.05, 0) is 34.5 Å². The molecule has 0 unspecified atom stereocenters. The molecule has 1 rings (SSSR count). The second-order valence-corrected chi connectivity index (χ2v) is 3.50. The van der Waals surface area contributed by atoms with Crippen LogP contribution in [-0.4, -0.2) is 10.0 Å². The Morgan fingerprint density at radius 1 is 1.62 bits per heavy atom. The molecule has 0 saturated heterocycles. The Bertz CT molecular complexity index is 338. The molecule has 70 valence electrons. The molecule has 0 amide bonds. The zero-order chi connectivity index (χ0) is 10.0. The van der Waals surface area contributed by atoms with Gasteiger partial charge < -0.3 is 5.11 Å². The molecule has 0 fully saturated rings. The van der Waals surface area contributed by atoms with Gasteiger partial charge in [0.05, 0.1) is 15.5 Å². The lowest BCUT2D eigenvalue weighted by Gasteiger charge is -2.04. The zero-order valence-electron chi connectivity index (χ0n) is 6.90. The lowest BCUT2D eigenvalue weighted by Crippen LogP contribution is -1.95. The van der Waals surface area contributed by atoms with E-state index in [-0.39, 0.29) is 5.69 Å². The number of hydrogen-bond donors (Lipinski definition) is 1. The fourth-order valence-electron chi connectivity index (χ4n) is 0.929. The van der Waals surface area contributed by atoms with E-state index in [0.717, 1.165) is 0 Å². The standard InChI is InChI=1S/C8H8BrNO3/c1-5(11)6-2-3-7(9)8(4-6)10(12)13/h2-5,11H,1H3/t5-/m0/s1. The number of aliphatic hydroxyl groups is 1. The van der Waals surface area contributed by atoms with Gasteiger partial charge in [0.1, 0.15) is 0 Å². The number of benzene rings is 1. The van der Waals surface area contributed by atoms with Crippen LogP contribution < -0.4 is 0 Å². The van der Waals surface area contributed by atoms with Crippen LogP contribution in [0.2, 0.25) is 0 Å². The van der Waals surface area contributed by atoms with Crippen LogP contribution in [0.4, 0.5) is 5.69 Å². The van der Waals surface area contributed by atoms with Crippen LogP contribution in [0.5, 0.6) is 0 Å². The minimum absolute atomic E-state index is 0.0293. The minimum Gasteiger partial charge on any atom is -0.389 e. The van der Waals surface area contributed by atoms with Crippen molar-refractivity contribution in [2.45, 2.75) is 13.0 Å². The van der Waals surface area contributed by atoms with Crippen LogP contribution in [0.1, 0.15) is 18.6 Å². The summed E-state index contributed by atoms with van der Waals surface area (Å²) in [6.07, 6.45) is -0.688. The van der Waals surface area contributed by atoms with E-state index in [1.54, 1.807) is 19.1 Å². The maximum Gasteiger partial charge on any atom is 0.283 e. The maximum atomic E-state index is 10.5. The molecule has 1 N–H and O–H groups in total. The fraction of sp³-hybridized carbons (Fsp3) is 0.250. The van der Waals surface area contributed by atoms with Gasteiger partial charge in [-0.15, -0.1) is 0 Å². The molecule has 0 saturated carbocycles. The second-order valence-electron chi connectivity index (χ2n) is 2.64. The first kappa shape index (κ1) is 10.1. The minimum atomic E-state index is -0.688. The highest BCUT2D eigenvalue weighted by molar-refractivity contribution is 9.10. The van der Waals surface area contributed by atoms with E-state index in [2.05, 4.69) is 15.9 Å². The summed E-state index contributed by atoms with van der Waals surface area (Å²) < 4.78 is 0.418. The molecule has 4 nitrogen and oxygen atoms in total. The van der Waals surface area contributed by atoms with Gasteiger partial charge in [0.25, 0.3) is 5.69 Å². The van der Waals surface area contributed by atoms with Crippen molar-refractivity contribution in [3.05, 3.63) is 38.3 Å². The van der Waals surface area contributed by atoms with E-state index in [9.17, 15) is 15.2 Å². The van der Waals surface area contributed by atoms with Gasteiger partial charge in [-0.1, -0.05) is 6.07 Å². The van der Waals surface area contributed by atoms with E-state index in [1.165, 1.54) is 6.07 Å². The van der Waals surface area contributed by atoms with Gasteiger partial charge >= 0.3 is 0 Å². The Labute approximate surface area is 83.5 Å². The van der Waals surface area contributed by atoms with E-state index in [4.69, 9.17) is 0 Å². The summed E-state index contributed by atoms with van der Waals surface area (Å²) >= 11 is 3.06. The average molecular weight is 246 g/mol. The summed E-state index contributed by atoms with van der Waals surface area (Å²) in [5.74, 6) is 0. The summed E-state index contributed by atoms with van der Waals surface area (Å²) in [6, 6.07) is 4.55. The number of nitro benzene ring substituents is 1. The van der Waals surface area contributed by atoms with Crippen molar-refractivity contribution in [1.82, 2.24) is 0 Å². The molecular weight excluding hydrogens is 238 g/mol. The SMILES string of the molecule is C[C@H](O)c1ccc(Br)c([N+](=O)[O-])c1. The predicted molar refractivity (Wildman–Crippen MR) is 51.4 cm³/mol. The van der Waals surface area contributed by atoms with E-state index in [1.807, 2.05) is 0 Å². The first-order chi connectivity index (χ1) is 6.02. The van der Waals surface area contributed by atoms with Gasteiger partial charge in [-0.2, -0.15) is 0 Å². The fourth-order valence-corrected chi connectivity index (χ4v) is 1.32. The zero-order valence-corrected chi connectivity index (χ0v) is 8.48. The van der Waals surface area contributed by atoms with Crippen molar-refractivity contribution in [3.8, 4) is 0 Å². The Morgan fingerprint density at radius 2 is 2.23 bits per heavy atom. The van der Waals surface area contributed by atoms with Gasteiger partial charge in [0, 0.05) is 6.07 Å². The van der Waals surface area contributed by atoms with Crippen molar-refractivity contribution in [2.24, 2.45) is 0 Å². The largest absolute Gasteiger partial charge is 0.389 e. The Kier molecular flexibility index (Phi) is 3.00. The second kappa shape index (κ2) is 3.85. The summed E-state index contributed by atoms with van der Waals surface area (Å²) in [5, 5.41) is 19.7. The van der Waals surface area contributed by atoms with Crippen LogP contribution in [-0.2, 0) is 0 Å². The summed E-state index contributed by atoms with van der Waals surface area (Å²) in [7, 11) is 0. The quantitative estimate of drug-likeness (QED) is 0.643. The van der Waals surface area contributed by atoms with Crippen LogP contribution in [0.25, 0.3) is 0 Å². The highest BCUT2D eigenvalue weighted by atomic mass is 79.9.